The van der Waals surface area contributed by atoms with E-state index < -0.39 is 22.0 Å². The smallest absolute Gasteiger partial charge is 0.263 e. The van der Waals surface area contributed by atoms with Crippen molar-refractivity contribution in [3.05, 3.63) is 90.0 Å². The third kappa shape index (κ3) is 5.58. The average Bonchev–Trinajstić information content (AvgIpc) is 2.90. The lowest BCUT2D eigenvalue weighted by Crippen LogP contribution is -2.53. The molecule has 3 aromatic carbocycles. The van der Waals surface area contributed by atoms with Gasteiger partial charge in [0.15, 0.2) is 6.10 Å². The Hall–Kier alpha value is -3.69. The number of benzene rings is 3. The van der Waals surface area contributed by atoms with E-state index >= 15 is 0 Å². The normalized spacial score (nSPS) is 15.2. The number of carbonyl (C=O) groups is 2. The summed E-state index contributed by atoms with van der Waals surface area (Å²) in [6, 6.07) is 22.9. The lowest BCUT2D eigenvalue weighted by Gasteiger charge is -2.35. The van der Waals surface area contributed by atoms with Crippen molar-refractivity contribution in [2.75, 3.05) is 24.5 Å². The second-order valence-corrected chi connectivity index (χ2v) is 10.5. The molecule has 8 nitrogen and oxygen atoms in total. The first-order valence-electron chi connectivity index (χ1n) is 11.7. The Morgan fingerprint density at radius 3 is 2.36 bits per heavy atom. The van der Waals surface area contributed by atoms with Crippen LogP contribution in [0.1, 0.15) is 18.1 Å². The number of fused-ring (bicyclic) bond motifs is 1. The maximum absolute atomic E-state index is 13.4. The number of ether oxygens (including phenoxy) is 1. The molecule has 0 bridgehead atoms. The van der Waals surface area contributed by atoms with Crippen LogP contribution < -0.4 is 15.0 Å². The third-order valence-corrected chi connectivity index (χ3v) is 7.93. The van der Waals surface area contributed by atoms with Crippen LogP contribution in [0.2, 0.25) is 0 Å². The number of anilines is 1. The summed E-state index contributed by atoms with van der Waals surface area (Å²) in [6.45, 7) is 3.62. The Morgan fingerprint density at radius 1 is 1.00 bits per heavy atom. The number of hydrogen-bond donors (Lipinski definition) is 1. The van der Waals surface area contributed by atoms with Gasteiger partial charge in [0.1, 0.15) is 5.75 Å². The van der Waals surface area contributed by atoms with E-state index in [-0.39, 0.29) is 30.4 Å². The second-order valence-electron chi connectivity index (χ2n) is 8.53. The molecule has 0 aromatic heterocycles. The maximum Gasteiger partial charge on any atom is 0.263 e. The van der Waals surface area contributed by atoms with Gasteiger partial charge in [-0.1, -0.05) is 67.1 Å². The second kappa shape index (κ2) is 10.9. The molecular weight excluding hydrogens is 478 g/mol. The number of carbonyl (C=O) groups excluding carboxylic acids is 2. The number of para-hydroxylation sites is 2. The van der Waals surface area contributed by atoms with Gasteiger partial charge in [0.05, 0.1) is 23.7 Å². The maximum atomic E-state index is 13.4. The number of aryl methyl sites for hydroxylation is 1. The van der Waals surface area contributed by atoms with Gasteiger partial charge in [-0.2, -0.15) is 4.31 Å². The molecule has 0 saturated heterocycles. The summed E-state index contributed by atoms with van der Waals surface area (Å²) < 4.78 is 33.4. The van der Waals surface area contributed by atoms with Crippen molar-refractivity contribution in [2.45, 2.75) is 31.4 Å². The summed E-state index contributed by atoms with van der Waals surface area (Å²) in [5.74, 6) is -0.406. The standard InChI is InChI=1S/C27H29N3O5S/c1-3-29(36(33,34)22-15-13-20(2)14-16-22)19-26(31)30-18-25(35-24-12-8-7-11-23(24)30)27(32)28-17-21-9-5-4-6-10-21/h4-16,25H,3,17-19H2,1-2H3,(H,28,32)/t25-/m0/s1. The first kappa shape index (κ1) is 25.4. The highest BCUT2D eigenvalue weighted by Crippen LogP contribution is 2.33. The molecule has 1 aliphatic heterocycles. The molecule has 1 aliphatic rings. The molecule has 0 saturated carbocycles. The van der Waals surface area contributed by atoms with Gasteiger partial charge in [0, 0.05) is 13.1 Å². The predicted octanol–water partition coefficient (Wildman–Crippen LogP) is 3.12. The molecule has 4 rings (SSSR count). The van der Waals surface area contributed by atoms with Gasteiger partial charge in [-0.15, -0.1) is 0 Å². The van der Waals surface area contributed by atoms with E-state index in [1.807, 2.05) is 37.3 Å². The summed E-state index contributed by atoms with van der Waals surface area (Å²) in [5.41, 5.74) is 2.38. The molecule has 9 heteroatoms. The molecule has 0 fully saturated rings. The van der Waals surface area contributed by atoms with Crippen LogP contribution in [0.25, 0.3) is 0 Å². The zero-order chi connectivity index (χ0) is 25.7. The van der Waals surface area contributed by atoms with E-state index in [9.17, 15) is 18.0 Å². The summed E-state index contributed by atoms with van der Waals surface area (Å²) >= 11 is 0. The fourth-order valence-corrected chi connectivity index (χ4v) is 5.37. The Kier molecular flexibility index (Phi) is 7.71. The Labute approximate surface area is 211 Å². The van der Waals surface area contributed by atoms with E-state index in [0.29, 0.717) is 18.0 Å². The van der Waals surface area contributed by atoms with Crippen molar-refractivity contribution < 1.29 is 22.7 Å². The number of amides is 2. The van der Waals surface area contributed by atoms with Crippen LogP contribution in [0.3, 0.4) is 0 Å². The fourth-order valence-electron chi connectivity index (χ4n) is 3.97. The lowest BCUT2D eigenvalue weighted by atomic mass is 10.1. The van der Waals surface area contributed by atoms with Gasteiger partial charge in [-0.25, -0.2) is 8.42 Å². The first-order chi connectivity index (χ1) is 17.3. The van der Waals surface area contributed by atoms with E-state index in [1.165, 1.54) is 17.0 Å². The van der Waals surface area contributed by atoms with Crippen molar-refractivity contribution >= 4 is 27.5 Å². The van der Waals surface area contributed by atoms with Gasteiger partial charge >= 0.3 is 0 Å². The van der Waals surface area contributed by atoms with E-state index in [1.54, 1.807) is 43.3 Å². The molecular formula is C27H29N3O5S. The van der Waals surface area contributed by atoms with Crippen molar-refractivity contribution in [1.29, 1.82) is 0 Å². The molecule has 0 spiro atoms. The van der Waals surface area contributed by atoms with Gasteiger partial charge in [-0.05, 0) is 36.8 Å². The molecule has 0 unspecified atom stereocenters. The fraction of sp³-hybridized carbons (Fsp3) is 0.259. The van der Waals surface area contributed by atoms with Crippen molar-refractivity contribution in [2.24, 2.45) is 0 Å². The monoisotopic (exact) mass is 507 g/mol. The highest BCUT2D eigenvalue weighted by atomic mass is 32.2. The highest BCUT2D eigenvalue weighted by molar-refractivity contribution is 7.89. The van der Waals surface area contributed by atoms with Crippen LogP contribution in [0.5, 0.6) is 5.75 Å². The minimum absolute atomic E-state index is 0.0292. The number of rotatable bonds is 8. The van der Waals surface area contributed by atoms with E-state index in [2.05, 4.69) is 5.32 Å². The van der Waals surface area contributed by atoms with Crippen molar-refractivity contribution in [1.82, 2.24) is 9.62 Å². The number of nitrogens with one attached hydrogen (secondary N) is 1. The Balaban J connectivity index is 1.52. The summed E-state index contributed by atoms with van der Waals surface area (Å²) in [4.78, 5) is 27.9. The number of sulfonamides is 1. The van der Waals surface area contributed by atoms with Crippen LogP contribution in [-0.2, 0) is 26.2 Å². The number of hydrogen-bond acceptors (Lipinski definition) is 5. The Morgan fingerprint density at radius 2 is 1.67 bits per heavy atom. The van der Waals surface area contributed by atoms with Crippen LogP contribution in [-0.4, -0.2) is 50.3 Å². The third-order valence-electron chi connectivity index (χ3n) is 6.00. The predicted molar refractivity (Wildman–Crippen MR) is 137 cm³/mol. The first-order valence-corrected chi connectivity index (χ1v) is 13.2. The topological polar surface area (TPSA) is 96.0 Å². The molecule has 1 atom stereocenters. The molecule has 188 valence electrons. The van der Waals surface area contributed by atoms with Crippen LogP contribution in [0.15, 0.2) is 83.8 Å². The summed E-state index contributed by atoms with van der Waals surface area (Å²) in [5, 5.41) is 2.85. The van der Waals surface area contributed by atoms with Gasteiger partial charge in [0.25, 0.3) is 5.91 Å². The average molecular weight is 508 g/mol. The van der Waals surface area contributed by atoms with E-state index in [4.69, 9.17) is 4.74 Å². The molecule has 3 aromatic rings. The molecule has 0 aliphatic carbocycles. The van der Waals surface area contributed by atoms with Crippen molar-refractivity contribution in [3.63, 3.8) is 0 Å². The minimum atomic E-state index is -3.87. The van der Waals surface area contributed by atoms with E-state index in [0.717, 1.165) is 15.4 Å². The summed E-state index contributed by atoms with van der Waals surface area (Å²) in [6.07, 6.45) is -0.934. The zero-order valence-electron chi connectivity index (χ0n) is 20.3. The van der Waals surface area contributed by atoms with Crippen LogP contribution >= 0.6 is 0 Å². The van der Waals surface area contributed by atoms with Gasteiger partial charge in [0.2, 0.25) is 15.9 Å². The molecule has 2 amide bonds. The van der Waals surface area contributed by atoms with Crippen molar-refractivity contribution in [3.8, 4) is 5.75 Å². The largest absolute Gasteiger partial charge is 0.477 e. The SMILES string of the molecule is CCN(CC(=O)N1C[C@@H](C(=O)NCc2ccccc2)Oc2ccccc21)S(=O)(=O)c1ccc(C)cc1. The molecule has 36 heavy (non-hydrogen) atoms. The minimum Gasteiger partial charge on any atom is -0.477 e. The Bertz CT molecular complexity index is 1330. The lowest BCUT2D eigenvalue weighted by molar-refractivity contribution is -0.128. The van der Waals surface area contributed by atoms with Crippen LogP contribution in [0, 0.1) is 6.92 Å². The van der Waals surface area contributed by atoms with Crippen LogP contribution in [0.4, 0.5) is 5.69 Å². The number of nitrogens with zero attached hydrogens (tertiary/aromatic N) is 2. The molecule has 1 N–H and O–H groups in total. The highest BCUT2D eigenvalue weighted by Gasteiger charge is 2.35. The quantitative estimate of drug-likeness (QED) is 0.506. The molecule has 0 radical (unpaired) electrons. The zero-order valence-corrected chi connectivity index (χ0v) is 21.1. The van der Waals surface area contributed by atoms with Gasteiger partial charge in [-0.3, -0.25) is 9.59 Å². The summed E-state index contributed by atoms with van der Waals surface area (Å²) in [7, 11) is -3.87. The number of likely N-dealkylation sites (N-methyl/N-ethyl adjacent to an activating group) is 1. The van der Waals surface area contributed by atoms with Gasteiger partial charge < -0.3 is 15.0 Å². The molecule has 1 heterocycles.